The van der Waals surface area contributed by atoms with Gasteiger partial charge in [0.15, 0.2) is 0 Å². The van der Waals surface area contributed by atoms with Gasteiger partial charge in [-0.3, -0.25) is 14.5 Å². The van der Waals surface area contributed by atoms with Crippen molar-refractivity contribution in [2.75, 3.05) is 39.3 Å². The van der Waals surface area contributed by atoms with Crippen LogP contribution in [0.4, 0.5) is 0 Å². The summed E-state index contributed by atoms with van der Waals surface area (Å²) in [6.45, 7) is 7.51. The number of carbonyl (C=O) groups excluding carboxylic acids is 2. The minimum atomic E-state index is -0.124. The molecular weight excluding hydrogens is 387 g/mol. The van der Waals surface area contributed by atoms with Gasteiger partial charge in [-0.15, -0.1) is 24.8 Å². The zero-order chi connectivity index (χ0) is 17.4. The van der Waals surface area contributed by atoms with Crippen LogP contribution in [0.2, 0.25) is 0 Å². The van der Waals surface area contributed by atoms with E-state index in [1.165, 1.54) is 25.7 Å². The van der Waals surface area contributed by atoms with Crippen LogP contribution in [0.5, 0.6) is 0 Å². The molecule has 2 bridgehead atoms. The van der Waals surface area contributed by atoms with Crippen LogP contribution < -0.4 is 5.32 Å². The lowest BCUT2D eigenvalue weighted by Gasteiger charge is -2.29. The van der Waals surface area contributed by atoms with E-state index in [-0.39, 0.29) is 42.5 Å². The summed E-state index contributed by atoms with van der Waals surface area (Å²) in [5, 5.41) is 3.63. The average Bonchev–Trinajstić information content (AvgIpc) is 3.27. The maximum atomic E-state index is 13.0. The molecule has 1 N–H and O–H groups in total. The monoisotopic (exact) mass is 420 g/mol. The number of nitrogens with one attached hydrogen (secondary N) is 1. The van der Waals surface area contributed by atoms with E-state index in [9.17, 15) is 9.59 Å². The number of likely N-dealkylation sites (N-methyl/N-ethyl adjacent to an activating group) is 1. The van der Waals surface area contributed by atoms with E-state index in [0.29, 0.717) is 31.1 Å². The molecule has 0 spiro atoms. The van der Waals surface area contributed by atoms with Gasteiger partial charge in [0.05, 0.1) is 5.92 Å². The summed E-state index contributed by atoms with van der Waals surface area (Å²) < 4.78 is 0. The molecule has 0 radical (unpaired) electrons. The summed E-state index contributed by atoms with van der Waals surface area (Å²) in [5.74, 6) is 0.264. The van der Waals surface area contributed by atoms with Gasteiger partial charge in [0, 0.05) is 50.7 Å². The fourth-order valence-corrected chi connectivity index (χ4v) is 5.29. The van der Waals surface area contributed by atoms with Gasteiger partial charge in [0.25, 0.3) is 0 Å². The molecule has 0 aromatic carbocycles. The van der Waals surface area contributed by atoms with Gasteiger partial charge in [0.2, 0.25) is 11.8 Å². The van der Waals surface area contributed by atoms with Crippen molar-refractivity contribution in [3.05, 3.63) is 0 Å². The molecule has 6 nitrogen and oxygen atoms in total. The molecule has 2 amide bonds. The second-order valence-electron chi connectivity index (χ2n) is 8.34. The average molecular weight is 421 g/mol. The molecule has 4 aliphatic heterocycles. The molecule has 4 fully saturated rings. The summed E-state index contributed by atoms with van der Waals surface area (Å²) in [6, 6.07) is 1.54. The summed E-state index contributed by atoms with van der Waals surface area (Å²) in [7, 11) is 0. The normalized spacial score (nSPS) is 33.6. The van der Waals surface area contributed by atoms with Gasteiger partial charge in [-0.1, -0.05) is 6.92 Å². The minimum Gasteiger partial charge on any atom is -0.341 e. The van der Waals surface area contributed by atoms with Crippen molar-refractivity contribution in [2.24, 2.45) is 5.92 Å². The van der Waals surface area contributed by atoms with E-state index in [2.05, 4.69) is 17.1 Å². The standard InChI is InChI=1S/C19H32N4O2.2ClH/c1-2-21-8-3-4-17(21)13-23-11-14(10-18(23)24)19(25)22-9-7-15-5-6-16(12-22)20-15;;/h14-17,20H,2-13H2,1H3;2*1H. The Hall–Kier alpha value is -0.560. The highest BCUT2D eigenvalue weighted by molar-refractivity contribution is 5.89. The lowest BCUT2D eigenvalue weighted by atomic mass is 10.0. The largest absolute Gasteiger partial charge is 0.341 e. The first-order valence-corrected chi connectivity index (χ1v) is 10.2. The number of halogens is 2. The number of hydrogen-bond donors (Lipinski definition) is 1. The maximum Gasteiger partial charge on any atom is 0.228 e. The lowest BCUT2D eigenvalue weighted by Crippen LogP contribution is -2.44. The summed E-state index contributed by atoms with van der Waals surface area (Å²) in [6.07, 6.45) is 6.30. The number of nitrogens with zero attached hydrogens (tertiary/aromatic N) is 3. The third-order valence-electron chi connectivity index (χ3n) is 6.74. The van der Waals surface area contributed by atoms with Crippen LogP contribution in [0.1, 0.15) is 45.4 Å². The molecule has 4 aliphatic rings. The van der Waals surface area contributed by atoms with Crippen molar-refractivity contribution in [2.45, 2.75) is 63.6 Å². The van der Waals surface area contributed by atoms with E-state index in [0.717, 1.165) is 39.1 Å². The molecule has 0 aromatic rings. The second kappa shape index (κ2) is 9.77. The predicted molar refractivity (Wildman–Crippen MR) is 111 cm³/mol. The number of rotatable bonds is 4. The Morgan fingerprint density at radius 1 is 1.07 bits per heavy atom. The molecule has 27 heavy (non-hydrogen) atoms. The maximum absolute atomic E-state index is 13.0. The lowest BCUT2D eigenvalue weighted by molar-refractivity contribution is -0.136. The summed E-state index contributed by atoms with van der Waals surface area (Å²) >= 11 is 0. The van der Waals surface area contributed by atoms with Gasteiger partial charge in [0.1, 0.15) is 0 Å². The first-order valence-electron chi connectivity index (χ1n) is 10.2. The molecule has 4 unspecified atom stereocenters. The number of amides is 2. The van der Waals surface area contributed by atoms with Crippen LogP contribution in [0.3, 0.4) is 0 Å². The third kappa shape index (κ3) is 4.89. The summed E-state index contributed by atoms with van der Waals surface area (Å²) in [5.41, 5.74) is 0. The molecule has 4 heterocycles. The predicted octanol–water partition coefficient (Wildman–Crippen LogP) is 1.52. The quantitative estimate of drug-likeness (QED) is 0.748. The first kappa shape index (κ1) is 22.7. The Labute approximate surface area is 175 Å². The topological polar surface area (TPSA) is 55.9 Å². The smallest absolute Gasteiger partial charge is 0.228 e. The van der Waals surface area contributed by atoms with E-state index < -0.39 is 0 Å². The van der Waals surface area contributed by atoms with Gasteiger partial charge in [-0.05, 0) is 45.2 Å². The number of fused-ring (bicyclic) bond motifs is 2. The van der Waals surface area contributed by atoms with Crippen LogP contribution in [-0.2, 0) is 9.59 Å². The highest BCUT2D eigenvalue weighted by Crippen LogP contribution is 2.26. The van der Waals surface area contributed by atoms with Crippen LogP contribution >= 0.6 is 24.8 Å². The Morgan fingerprint density at radius 3 is 2.63 bits per heavy atom. The second-order valence-corrected chi connectivity index (χ2v) is 8.34. The van der Waals surface area contributed by atoms with Crippen molar-refractivity contribution >= 4 is 36.6 Å². The Bertz CT molecular complexity index is 536. The molecule has 0 aromatic heterocycles. The summed E-state index contributed by atoms with van der Waals surface area (Å²) in [4.78, 5) is 31.9. The van der Waals surface area contributed by atoms with Crippen LogP contribution in [0.15, 0.2) is 0 Å². The molecule has 0 saturated carbocycles. The van der Waals surface area contributed by atoms with E-state index in [4.69, 9.17) is 0 Å². The third-order valence-corrected chi connectivity index (χ3v) is 6.74. The van der Waals surface area contributed by atoms with Gasteiger partial charge >= 0.3 is 0 Å². The van der Waals surface area contributed by atoms with Gasteiger partial charge in [-0.25, -0.2) is 0 Å². The molecule has 8 heteroatoms. The fraction of sp³-hybridized carbons (Fsp3) is 0.895. The minimum absolute atomic E-state index is 0. The van der Waals surface area contributed by atoms with Crippen LogP contribution in [-0.4, -0.2) is 83.9 Å². The van der Waals surface area contributed by atoms with E-state index in [1.807, 2.05) is 9.80 Å². The van der Waals surface area contributed by atoms with Crippen molar-refractivity contribution in [1.82, 2.24) is 20.0 Å². The van der Waals surface area contributed by atoms with Gasteiger partial charge < -0.3 is 15.1 Å². The highest BCUT2D eigenvalue weighted by Gasteiger charge is 2.40. The van der Waals surface area contributed by atoms with Crippen LogP contribution in [0.25, 0.3) is 0 Å². The van der Waals surface area contributed by atoms with Gasteiger partial charge in [-0.2, -0.15) is 0 Å². The molecular formula is C19H34Cl2N4O2. The van der Waals surface area contributed by atoms with Crippen molar-refractivity contribution in [1.29, 1.82) is 0 Å². The van der Waals surface area contributed by atoms with E-state index in [1.54, 1.807) is 0 Å². The highest BCUT2D eigenvalue weighted by atomic mass is 35.5. The molecule has 4 atom stereocenters. The molecule has 0 aliphatic carbocycles. The van der Waals surface area contributed by atoms with Crippen molar-refractivity contribution in [3.8, 4) is 0 Å². The molecule has 4 saturated heterocycles. The molecule has 4 rings (SSSR count). The number of carbonyl (C=O) groups is 2. The number of likely N-dealkylation sites (tertiary alicyclic amines) is 3. The van der Waals surface area contributed by atoms with E-state index >= 15 is 0 Å². The zero-order valence-corrected chi connectivity index (χ0v) is 17.9. The Kier molecular flexibility index (Phi) is 8.22. The van der Waals surface area contributed by atoms with Crippen molar-refractivity contribution < 1.29 is 9.59 Å². The zero-order valence-electron chi connectivity index (χ0n) is 16.3. The first-order chi connectivity index (χ1) is 12.1. The van der Waals surface area contributed by atoms with Crippen molar-refractivity contribution in [3.63, 3.8) is 0 Å². The van der Waals surface area contributed by atoms with Crippen LogP contribution in [0, 0.1) is 5.92 Å². The fourth-order valence-electron chi connectivity index (χ4n) is 5.29. The number of hydrogen-bond acceptors (Lipinski definition) is 4. The Balaban J connectivity index is 0.00000131. The SMILES string of the molecule is CCN1CCCC1CN1CC(C(=O)N2CCC3CCC(C2)N3)CC1=O.Cl.Cl. The molecule has 156 valence electrons. The Morgan fingerprint density at radius 2 is 1.85 bits per heavy atom.